The van der Waals surface area contributed by atoms with Gasteiger partial charge in [0.25, 0.3) is 0 Å². The second-order valence-electron chi connectivity index (χ2n) is 6.76. The van der Waals surface area contributed by atoms with E-state index in [-0.39, 0.29) is 0 Å². The van der Waals surface area contributed by atoms with Gasteiger partial charge in [-0.1, -0.05) is 18.0 Å². The summed E-state index contributed by atoms with van der Waals surface area (Å²) in [5.74, 6) is 1.29. The third kappa shape index (κ3) is 3.65. The maximum atomic E-state index is 5.84. The molecule has 6 nitrogen and oxygen atoms in total. The molecule has 2 aromatic rings. The van der Waals surface area contributed by atoms with Crippen LogP contribution < -0.4 is 0 Å². The molecule has 1 saturated carbocycles. The first-order chi connectivity index (χ1) is 11.9. The van der Waals surface area contributed by atoms with Crippen LogP contribution in [0.3, 0.4) is 0 Å². The van der Waals surface area contributed by atoms with Crippen molar-refractivity contribution < 1.29 is 9.26 Å². The summed E-state index contributed by atoms with van der Waals surface area (Å²) in [5, 5.41) is 4.11. The highest BCUT2D eigenvalue weighted by Gasteiger charge is 2.28. The van der Waals surface area contributed by atoms with Gasteiger partial charge in [0.1, 0.15) is 0 Å². The van der Waals surface area contributed by atoms with Gasteiger partial charge in [-0.05, 0) is 37.8 Å². The molecule has 128 valence electrons. The fraction of sp³-hybridized carbons (Fsp3) is 0.611. The molecular weight excluding hydrogens is 304 g/mol. The highest BCUT2D eigenvalue weighted by molar-refractivity contribution is 5.51. The first kappa shape index (κ1) is 15.7. The largest absolute Gasteiger partial charge is 0.377 e. The summed E-state index contributed by atoms with van der Waals surface area (Å²) in [6.07, 6.45) is 11.3. The lowest BCUT2D eigenvalue weighted by Gasteiger charge is -2.29. The standard InChI is InChI=1S/C18H24N4O2/c1-2-7-15(6-1)22(12-16-8-4-10-23-16)13-17-20-18(21-24-17)14-5-3-9-19-11-14/h3,5,9,11,15-16H,1-2,4,6-8,10,12-13H2. The normalized spacial score (nSPS) is 21.8. The molecule has 0 bridgehead atoms. The molecule has 1 aliphatic carbocycles. The fourth-order valence-electron chi connectivity index (χ4n) is 3.77. The zero-order valence-corrected chi connectivity index (χ0v) is 13.9. The number of nitrogens with zero attached hydrogens (tertiary/aromatic N) is 4. The minimum Gasteiger partial charge on any atom is -0.377 e. The van der Waals surface area contributed by atoms with Crippen LogP contribution >= 0.6 is 0 Å². The van der Waals surface area contributed by atoms with Gasteiger partial charge in [-0.25, -0.2) is 0 Å². The molecule has 0 aromatic carbocycles. The summed E-state index contributed by atoms with van der Waals surface area (Å²) in [4.78, 5) is 11.2. The van der Waals surface area contributed by atoms with Crippen molar-refractivity contribution in [1.29, 1.82) is 0 Å². The van der Waals surface area contributed by atoms with Gasteiger partial charge < -0.3 is 9.26 Å². The first-order valence-electron chi connectivity index (χ1n) is 8.97. The van der Waals surface area contributed by atoms with E-state index in [1.54, 1.807) is 12.4 Å². The van der Waals surface area contributed by atoms with Crippen LogP contribution in [-0.4, -0.2) is 45.3 Å². The number of rotatable bonds is 6. The lowest BCUT2D eigenvalue weighted by Crippen LogP contribution is -2.38. The molecule has 1 saturated heterocycles. The summed E-state index contributed by atoms with van der Waals surface area (Å²) >= 11 is 0. The van der Waals surface area contributed by atoms with E-state index >= 15 is 0 Å². The van der Waals surface area contributed by atoms with Gasteiger partial charge in [-0.3, -0.25) is 9.88 Å². The van der Waals surface area contributed by atoms with E-state index in [0.29, 0.717) is 30.4 Å². The van der Waals surface area contributed by atoms with E-state index in [0.717, 1.165) is 25.1 Å². The second kappa shape index (κ2) is 7.40. The number of aromatic nitrogens is 3. The van der Waals surface area contributed by atoms with Crippen LogP contribution in [-0.2, 0) is 11.3 Å². The quantitative estimate of drug-likeness (QED) is 0.812. The lowest BCUT2D eigenvalue weighted by atomic mass is 10.1. The Kier molecular flexibility index (Phi) is 4.85. The van der Waals surface area contributed by atoms with Gasteiger partial charge in [0.05, 0.1) is 12.6 Å². The summed E-state index contributed by atoms with van der Waals surface area (Å²) in [5.41, 5.74) is 0.888. The topological polar surface area (TPSA) is 64.3 Å². The van der Waals surface area contributed by atoms with Crippen molar-refractivity contribution in [1.82, 2.24) is 20.0 Å². The van der Waals surface area contributed by atoms with E-state index < -0.39 is 0 Å². The maximum Gasteiger partial charge on any atom is 0.241 e. The fourth-order valence-corrected chi connectivity index (χ4v) is 3.77. The predicted molar refractivity (Wildman–Crippen MR) is 89.2 cm³/mol. The van der Waals surface area contributed by atoms with Crippen LogP contribution in [0.2, 0.25) is 0 Å². The van der Waals surface area contributed by atoms with E-state index in [1.165, 1.54) is 32.1 Å². The van der Waals surface area contributed by atoms with Gasteiger partial charge in [0.15, 0.2) is 0 Å². The highest BCUT2D eigenvalue weighted by atomic mass is 16.5. The van der Waals surface area contributed by atoms with Crippen LogP contribution in [0.15, 0.2) is 29.0 Å². The molecule has 1 unspecified atom stereocenters. The molecule has 3 heterocycles. The summed E-state index contributed by atoms with van der Waals surface area (Å²) in [7, 11) is 0. The van der Waals surface area contributed by atoms with Crippen LogP contribution in [0, 0.1) is 0 Å². The maximum absolute atomic E-state index is 5.84. The van der Waals surface area contributed by atoms with Crippen molar-refractivity contribution in [2.24, 2.45) is 0 Å². The lowest BCUT2D eigenvalue weighted by molar-refractivity contribution is 0.0495. The Hall–Kier alpha value is -1.79. The van der Waals surface area contributed by atoms with Crippen LogP contribution in [0.25, 0.3) is 11.4 Å². The van der Waals surface area contributed by atoms with Gasteiger partial charge in [0.2, 0.25) is 11.7 Å². The zero-order valence-electron chi connectivity index (χ0n) is 13.9. The molecule has 0 N–H and O–H groups in total. The Morgan fingerprint density at radius 3 is 2.83 bits per heavy atom. The van der Waals surface area contributed by atoms with Gasteiger partial charge >= 0.3 is 0 Å². The van der Waals surface area contributed by atoms with E-state index in [1.807, 2.05) is 12.1 Å². The monoisotopic (exact) mass is 328 g/mol. The molecule has 0 amide bonds. The Bertz CT molecular complexity index is 633. The van der Waals surface area contributed by atoms with Crippen LogP contribution in [0.5, 0.6) is 0 Å². The summed E-state index contributed by atoms with van der Waals surface area (Å²) < 4.78 is 11.3. The number of hydrogen-bond acceptors (Lipinski definition) is 6. The summed E-state index contributed by atoms with van der Waals surface area (Å²) in [6, 6.07) is 4.44. The van der Waals surface area contributed by atoms with Crippen molar-refractivity contribution in [3.8, 4) is 11.4 Å². The Morgan fingerprint density at radius 2 is 2.08 bits per heavy atom. The molecule has 24 heavy (non-hydrogen) atoms. The van der Waals surface area contributed by atoms with E-state index in [2.05, 4.69) is 20.0 Å². The Labute approximate surface area is 142 Å². The van der Waals surface area contributed by atoms with E-state index in [4.69, 9.17) is 9.26 Å². The molecule has 6 heteroatoms. The highest BCUT2D eigenvalue weighted by Crippen LogP contribution is 2.27. The minimum atomic E-state index is 0.353. The third-order valence-corrected chi connectivity index (χ3v) is 5.03. The van der Waals surface area contributed by atoms with Crippen molar-refractivity contribution in [3.63, 3.8) is 0 Å². The Balaban J connectivity index is 1.46. The molecule has 0 spiro atoms. The van der Waals surface area contributed by atoms with Crippen molar-refractivity contribution in [3.05, 3.63) is 30.4 Å². The van der Waals surface area contributed by atoms with Gasteiger partial charge in [-0.2, -0.15) is 4.98 Å². The molecule has 2 aromatic heterocycles. The predicted octanol–water partition coefficient (Wildman–Crippen LogP) is 3.06. The zero-order chi connectivity index (χ0) is 16.2. The molecule has 1 atom stereocenters. The number of hydrogen-bond donors (Lipinski definition) is 0. The van der Waals surface area contributed by atoms with Crippen molar-refractivity contribution in [2.45, 2.75) is 57.2 Å². The molecule has 4 rings (SSSR count). The Morgan fingerprint density at radius 1 is 1.17 bits per heavy atom. The summed E-state index contributed by atoms with van der Waals surface area (Å²) in [6.45, 7) is 2.57. The van der Waals surface area contributed by atoms with Crippen molar-refractivity contribution in [2.75, 3.05) is 13.2 Å². The molecular formula is C18H24N4O2. The number of ether oxygens (including phenoxy) is 1. The average Bonchev–Trinajstić information content (AvgIpc) is 3.38. The van der Waals surface area contributed by atoms with Crippen LogP contribution in [0.1, 0.15) is 44.4 Å². The van der Waals surface area contributed by atoms with Crippen molar-refractivity contribution >= 4 is 0 Å². The SMILES string of the molecule is c1cncc(-c2noc(CN(CC3CCCO3)C3CCCC3)n2)c1. The van der Waals surface area contributed by atoms with Gasteiger partial charge in [0, 0.05) is 37.2 Å². The smallest absolute Gasteiger partial charge is 0.241 e. The van der Waals surface area contributed by atoms with Gasteiger partial charge in [-0.15, -0.1) is 0 Å². The first-order valence-corrected chi connectivity index (χ1v) is 8.97. The van der Waals surface area contributed by atoms with Crippen LogP contribution in [0.4, 0.5) is 0 Å². The average molecular weight is 328 g/mol. The minimum absolute atomic E-state index is 0.353. The molecule has 2 aliphatic rings. The molecule has 0 radical (unpaired) electrons. The third-order valence-electron chi connectivity index (χ3n) is 5.03. The second-order valence-corrected chi connectivity index (χ2v) is 6.76. The van der Waals surface area contributed by atoms with E-state index in [9.17, 15) is 0 Å². The molecule has 2 fully saturated rings. The number of pyridine rings is 1. The molecule has 1 aliphatic heterocycles.